The van der Waals surface area contributed by atoms with E-state index in [2.05, 4.69) is 0 Å². The third kappa shape index (κ3) is 1.73. The lowest BCUT2D eigenvalue weighted by Crippen LogP contribution is -2.59. The highest BCUT2D eigenvalue weighted by molar-refractivity contribution is 6.53. The molecular weight excluding hydrogens is 386 g/mol. The van der Waals surface area contributed by atoms with E-state index in [1.165, 1.54) is 12.2 Å². The summed E-state index contributed by atoms with van der Waals surface area (Å²) in [5, 5.41) is -0.00846. The Morgan fingerprint density at radius 3 is 1.57 bits per heavy atom. The van der Waals surface area contributed by atoms with Crippen LogP contribution in [0.2, 0.25) is 0 Å². The van der Waals surface area contributed by atoms with Crippen molar-refractivity contribution in [3.05, 3.63) is 22.2 Å². The second kappa shape index (κ2) is 5.45. The Bertz CT molecular complexity index is 604. The number of rotatable bonds is 4. The molecule has 3 aliphatic carbocycles. The van der Waals surface area contributed by atoms with Gasteiger partial charge >= 0.3 is 0 Å². The molecule has 4 atom stereocenters. The van der Waals surface area contributed by atoms with E-state index >= 15 is 0 Å². The molecule has 0 heterocycles. The van der Waals surface area contributed by atoms with E-state index in [0.29, 0.717) is 0 Å². The summed E-state index contributed by atoms with van der Waals surface area (Å²) in [6, 6.07) is 0. The predicted molar refractivity (Wildman–Crippen MR) is 88.0 cm³/mol. The van der Waals surface area contributed by atoms with Gasteiger partial charge in [-0.05, 0) is 26.0 Å². The van der Waals surface area contributed by atoms with E-state index in [1.54, 1.807) is 13.8 Å². The number of ether oxygens (including phenoxy) is 2. The van der Waals surface area contributed by atoms with Crippen LogP contribution in [-0.4, -0.2) is 40.3 Å². The van der Waals surface area contributed by atoms with Gasteiger partial charge in [-0.1, -0.05) is 23.2 Å². The largest absolute Gasteiger partial charge is 0.346 e. The lowest BCUT2D eigenvalue weighted by molar-refractivity contribution is -0.245. The van der Waals surface area contributed by atoms with Gasteiger partial charge in [0.15, 0.2) is 11.6 Å². The summed E-state index contributed by atoms with van der Waals surface area (Å²) in [6.45, 7) is 3.83. The highest BCUT2D eigenvalue weighted by Gasteiger charge is 2.87. The van der Waals surface area contributed by atoms with E-state index in [-0.39, 0.29) is 34.8 Å². The molecule has 4 nitrogen and oxygen atoms in total. The van der Waals surface area contributed by atoms with Crippen molar-refractivity contribution < 1.29 is 19.1 Å². The molecule has 0 spiro atoms. The fourth-order valence-electron chi connectivity index (χ4n) is 3.98. The molecule has 1 fully saturated rings. The first-order valence-electron chi connectivity index (χ1n) is 7.21. The summed E-state index contributed by atoms with van der Waals surface area (Å²) < 4.78 is 11.6. The quantitative estimate of drug-likeness (QED) is 0.537. The molecule has 0 aromatic rings. The SMILES string of the molecule is CCOC1(OCC)[C@@]2(Cl)C(Cl)=C(Cl)[C@@]1(Cl)[C@H]1C(=O)C=CC(=O)[C@H]12. The van der Waals surface area contributed by atoms with Gasteiger partial charge in [-0.3, -0.25) is 9.59 Å². The summed E-state index contributed by atoms with van der Waals surface area (Å²) in [7, 11) is 0. The minimum absolute atomic E-state index is 0.00423. The van der Waals surface area contributed by atoms with Crippen LogP contribution in [0.25, 0.3) is 0 Å². The molecule has 0 aromatic carbocycles. The zero-order valence-corrected chi connectivity index (χ0v) is 15.4. The number of carbonyl (C=O) groups excluding carboxylic acids is 2. The van der Waals surface area contributed by atoms with Crippen LogP contribution in [0, 0.1) is 11.8 Å². The van der Waals surface area contributed by atoms with Crippen molar-refractivity contribution in [1.29, 1.82) is 0 Å². The lowest BCUT2D eigenvalue weighted by atomic mass is 9.74. The average Bonchev–Trinajstić information content (AvgIpc) is 2.75. The molecular formula is C15H14Cl4O4. The van der Waals surface area contributed by atoms with Gasteiger partial charge in [-0.15, -0.1) is 23.2 Å². The molecule has 0 aliphatic heterocycles. The minimum atomic E-state index is -1.70. The fraction of sp³-hybridized carbons (Fsp3) is 0.600. The van der Waals surface area contributed by atoms with Crippen LogP contribution < -0.4 is 0 Å². The van der Waals surface area contributed by atoms with E-state index in [0.717, 1.165) is 0 Å². The zero-order valence-electron chi connectivity index (χ0n) is 12.4. The van der Waals surface area contributed by atoms with Crippen LogP contribution >= 0.6 is 46.4 Å². The van der Waals surface area contributed by atoms with E-state index < -0.39 is 27.4 Å². The second-order valence-corrected chi connectivity index (χ2v) is 7.58. The molecule has 8 heteroatoms. The van der Waals surface area contributed by atoms with Crippen LogP contribution in [-0.2, 0) is 19.1 Å². The van der Waals surface area contributed by atoms with Gasteiger partial charge in [-0.25, -0.2) is 0 Å². The summed E-state index contributed by atoms with van der Waals surface area (Å²) in [5.74, 6) is -4.39. The summed E-state index contributed by atoms with van der Waals surface area (Å²) in [5.41, 5.74) is 0. The molecule has 23 heavy (non-hydrogen) atoms. The molecule has 0 radical (unpaired) electrons. The van der Waals surface area contributed by atoms with Crippen molar-refractivity contribution in [3.8, 4) is 0 Å². The molecule has 2 bridgehead atoms. The van der Waals surface area contributed by atoms with Gasteiger partial charge in [0, 0.05) is 13.2 Å². The number of ketones is 2. The van der Waals surface area contributed by atoms with Crippen molar-refractivity contribution >= 4 is 58.0 Å². The summed E-state index contributed by atoms with van der Waals surface area (Å²) >= 11 is 26.4. The van der Waals surface area contributed by atoms with Gasteiger partial charge in [0.25, 0.3) is 0 Å². The standard InChI is InChI=1S/C15H14Cl4O4/c1-3-22-15(23-4-2)13(18)9-7(20)5-6-8(21)10(9)14(15,19)12(17)11(13)16/h5-6,9-10H,3-4H2,1-2H3/t9-,10+,13-,14-/m0/s1. The highest BCUT2D eigenvalue weighted by atomic mass is 35.5. The molecule has 0 unspecified atom stereocenters. The van der Waals surface area contributed by atoms with Gasteiger partial charge < -0.3 is 9.47 Å². The molecule has 0 amide bonds. The number of fused-ring (bicyclic) bond motifs is 5. The molecule has 3 aliphatic rings. The van der Waals surface area contributed by atoms with Crippen LogP contribution in [0.4, 0.5) is 0 Å². The number of halogens is 4. The van der Waals surface area contributed by atoms with Crippen molar-refractivity contribution in [3.63, 3.8) is 0 Å². The number of alkyl halides is 2. The highest BCUT2D eigenvalue weighted by Crippen LogP contribution is 2.74. The van der Waals surface area contributed by atoms with E-state index in [4.69, 9.17) is 55.9 Å². The molecule has 0 saturated heterocycles. The van der Waals surface area contributed by atoms with Gasteiger partial charge in [-0.2, -0.15) is 0 Å². The Morgan fingerprint density at radius 1 is 0.913 bits per heavy atom. The first-order chi connectivity index (χ1) is 10.7. The molecule has 126 valence electrons. The number of hydrogen-bond donors (Lipinski definition) is 0. The Morgan fingerprint density at radius 2 is 1.26 bits per heavy atom. The number of carbonyl (C=O) groups is 2. The van der Waals surface area contributed by atoms with Crippen molar-refractivity contribution in [2.45, 2.75) is 29.4 Å². The fourth-order valence-corrected chi connectivity index (χ4v) is 6.07. The van der Waals surface area contributed by atoms with Crippen molar-refractivity contribution in [2.24, 2.45) is 11.8 Å². The average molecular weight is 400 g/mol. The van der Waals surface area contributed by atoms with Crippen LogP contribution in [0.1, 0.15) is 13.8 Å². The maximum absolute atomic E-state index is 12.5. The summed E-state index contributed by atoms with van der Waals surface area (Å²) in [4.78, 5) is 21.7. The van der Waals surface area contributed by atoms with E-state index in [9.17, 15) is 9.59 Å². The third-order valence-corrected chi connectivity index (χ3v) is 7.31. The topological polar surface area (TPSA) is 52.6 Å². The zero-order chi connectivity index (χ0) is 17.2. The monoisotopic (exact) mass is 398 g/mol. The van der Waals surface area contributed by atoms with Crippen LogP contribution in [0.5, 0.6) is 0 Å². The second-order valence-electron chi connectivity index (χ2n) is 5.63. The number of allylic oxidation sites excluding steroid dienone is 2. The maximum Gasteiger partial charge on any atom is 0.219 e. The molecule has 0 aromatic heterocycles. The first-order valence-corrected chi connectivity index (χ1v) is 8.72. The normalized spacial score (nSPS) is 41.0. The Hall–Kier alpha value is -0.100. The maximum atomic E-state index is 12.5. The van der Waals surface area contributed by atoms with E-state index in [1.807, 2.05) is 0 Å². The molecule has 3 rings (SSSR count). The Balaban J connectivity index is 2.34. The molecule has 0 N–H and O–H groups in total. The van der Waals surface area contributed by atoms with Crippen molar-refractivity contribution in [1.82, 2.24) is 0 Å². The smallest absolute Gasteiger partial charge is 0.219 e. The van der Waals surface area contributed by atoms with Crippen LogP contribution in [0.15, 0.2) is 22.2 Å². The predicted octanol–water partition coefficient (Wildman–Crippen LogP) is 3.37. The van der Waals surface area contributed by atoms with Gasteiger partial charge in [0.1, 0.15) is 9.75 Å². The summed E-state index contributed by atoms with van der Waals surface area (Å²) in [6.07, 6.45) is 2.38. The van der Waals surface area contributed by atoms with Gasteiger partial charge in [0.05, 0.1) is 21.9 Å². The lowest BCUT2D eigenvalue weighted by Gasteiger charge is -2.42. The molecule has 1 saturated carbocycles. The Kier molecular flexibility index (Phi) is 4.20. The Labute approximate surface area is 153 Å². The van der Waals surface area contributed by atoms with Gasteiger partial charge in [0.2, 0.25) is 5.79 Å². The minimum Gasteiger partial charge on any atom is -0.346 e. The first kappa shape index (κ1) is 17.7. The third-order valence-electron chi connectivity index (χ3n) is 4.70. The number of hydrogen-bond acceptors (Lipinski definition) is 4. The van der Waals surface area contributed by atoms with Crippen LogP contribution in [0.3, 0.4) is 0 Å². The van der Waals surface area contributed by atoms with Crippen molar-refractivity contribution in [2.75, 3.05) is 13.2 Å².